The van der Waals surface area contributed by atoms with E-state index in [0.717, 1.165) is 52.9 Å². The first-order chi connectivity index (χ1) is 19.4. The predicted molar refractivity (Wildman–Crippen MR) is 155 cm³/mol. The van der Waals surface area contributed by atoms with Crippen molar-refractivity contribution in [3.63, 3.8) is 0 Å². The summed E-state index contributed by atoms with van der Waals surface area (Å²) in [4.78, 5) is 39.7. The minimum atomic E-state index is -0.277. The summed E-state index contributed by atoms with van der Waals surface area (Å²) in [5.74, 6) is 1.37. The lowest BCUT2D eigenvalue weighted by molar-refractivity contribution is -0.132. The molecule has 1 aliphatic heterocycles. The number of likely N-dealkylation sites (tertiary alicyclic amines) is 1. The van der Waals surface area contributed by atoms with Gasteiger partial charge in [-0.3, -0.25) is 9.59 Å². The highest BCUT2D eigenvalue weighted by atomic mass is 16.2. The van der Waals surface area contributed by atoms with E-state index >= 15 is 0 Å². The Kier molecular flexibility index (Phi) is 8.35. The van der Waals surface area contributed by atoms with Crippen LogP contribution in [0.5, 0.6) is 0 Å². The van der Waals surface area contributed by atoms with Gasteiger partial charge in [-0.15, -0.1) is 0 Å². The Hall–Kier alpha value is -4.31. The lowest BCUT2D eigenvalue weighted by Gasteiger charge is -2.33. The second-order valence-corrected chi connectivity index (χ2v) is 10.5. The minimum absolute atomic E-state index is 0.0518. The van der Waals surface area contributed by atoms with Gasteiger partial charge in [-0.2, -0.15) is 0 Å². The van der Waals surface area contributed by atoms with Crippen molar-refractivity contribution in [1.29, 1.82) is 0 Å². The number of nitrogens with two attached hydrogens (primary N) is 2. The zero-order valence-electron chi connectivity index (χ0n) is 22.8. The summed E-state index contributed by atoms with van der Waals surface area (Å²) in [6.45, 7) is 4.03. The Bertz CT molecular complexity index is 1470. The van der Waals surface area contributed by atoms with Crippen LogP contribution in [0.3, 0.4) is 0 Å². The number of piperidine rings is 1. The molecular weight excluding hydrogens is 504 g/mol. The van der Waals surface area contributed by atoms with E-state index in [1.165, 1.54) is 6.92 Å². The number of hydrogen-bond acceptors (Lipinski definition) is 7. The van der Waals surface area contributed by atoms with Gasteiger partial charge >= 0.3 is 0 Å². The van der Waals surface area contributed by atoms with Crippen molar-refractivity contribution in [3.05, 3.63) is 72.3 Å². The summed E-state index contributed by atoms with van der Waals surface area (Å²) in [5, 5.41) is 2.88. The number of rotatable bonds is 9. The number of carbonyl (C=O) groups excluding carboxylic acids is 2. The number of nitrogens with zero attached hydrogens (tertiary/aromatic N) is 5. The average molecular weight is 541 g/mol. The maximum absolute atomic E-state index is 13.3. The van der Waals surface area contributed by atoms with Crippen molar-refractivity contribution >= 4 is 28.8 Å². The molecule has 208 valence electrons. The van der Waals surface area contributed by atoms with Gasteiger partial charge in [-0.05, 0) is 42.5 Å². The van der Waals surface area contributed by atoms with Gasteiger partial charge in [0.25, 0.3) is 0 Å². The van der Waals surface area contributed by atoms with E-state index in [1.807, 2.05) is 47.4 Å². The van der Waals surface area contributed by atoms with Crippen molar-refractivity contribution in [2.45, 2.75) is 51.1 Å². The first-order valence-electron chi connectivity index (χ1n) is 13.8. The highest BCUT2D eigenvalue weighted by Crippen LogP contribution is 2.30. The van der Waals surface area contributed by atoms with Crippen molar-refractivity contribution < 1.29 is 9.59 Å². The summed E-state index contributed by atoms with van der Waals surface area (Å²) < 4.78 is 2.19. The fourth-order valence-electron chi connectivity index (χ4n) is 5.45. The van der Waals surface area contributed by atoms with Crippen molar-refractivity contribution in [1.82, 2.24) is 29.7 Å². The summed E-state index contributed by atoms with van der Waals surface area (Å²) in [7, 11) is 0. The van der Waals surface area contributed by atoms with Gasteiger partial charge in [0.15, 0.2) is 0 Å². The topological polar surface area (TPSA) is 145 Å². The van der Waals surface area contributed by atoms with Gasteiger partial charge in [-0.1, -0.05) is 36.4 Å². The van der Waals surface area contributed by atoms with Crippen LogP contribution in [-0.4, -0.2) is 61.9 Å². The second-order valence-electron chi connectivity index (χ2n) is 10.5. The fraction of sp³-hybridized carbons (Fsp3) is 0.367. The van der Waals surface area contributed by atoms with E-state index in [1.54, 1.807) is 12.4 Å². The number of aromatic nitrogens is 4. The number of fused-ring (bicyclic) bond motifs is 1. The fourth-order valence-corrected chi connectivity index (χ4v) is 5.45. The van der Waals surface area contributed by atoms with Crippen LogP contribution < -0.4 is 16.8 Å². The molecular formula is C30H36N8O2. The highest BCUT2D eigenvalue weighted by Gasteiger charge is 2.29. The van der Waals surface area contributed by atoms with Crippen LogP contribution in [0.4, 0.5) is 5.95 Å². The van der Waals surface area contributed by atoms with Crippen LogP contribution in [-0.2, 0) is 22.6 Å². The van der Waals surface area contributed by atoms with Crippen LogP contribution in [0.15, 0.2) is 60.9 Å². The third-order valence-electron chi connectivity index (χ3n) is 7.43. The van der Waals surface area contributed by atoms with E-state index in [4.69, 9.17) is 16.5 Å². The monoisotopic (exact) mass is 540 g/mol. The lowest BCUT2D eigenvalue weighted by atomic mass is 9.95. The van der Waals surface area contributed by atoms with Gasteiger partial charge in [0.05, 0.1) is 11.0 Å². The molecule has 1 saturated heterocycles. The summed E-state index contributed by atoms with van der Waals surface area (Å²) in [6, 6.07) is 15.8. The van der Waals surface area contributed by atoms with Crippen LogP contribution >= 0.6 is 0 Å². The predicted octanol–water partition coefficient (Wildman–Crippen LogP) is 2.88. The standard InChI is InChI=1S/C30H36N8O2/c1-20(39)33-12-14-38-27-7-3-2-6-26(27)36-29(38)23-5-4-13-37(19-23)28(40)16-25(31)15-21-8-10-22(11-9-21)24-17-34-30(32)35-18-24/h2-3,6-11,17-18,23,25H,4-5,12-16,19,31H2,1H3,(H,33,39)(H2,32,34,35)/t23-,25-/m1/s1. The molecule has 1 aliphatic rings. The average Bonchev–Trinajstić information content (AvgIpc) is 3.32. The number of nitrogen functional groups attached to an aromatic ring is 1. The van der Waals surface area contributed by atoms with Gasteiger partial charge in [-0.25, -0.2) is 15.0 Å². The van der Waals surface area contributed by atoms with Crippen LogP contribution in [0.25, 0.3) is 22.2 Å². The van der Waals surface area contributed by atoms with Crippen LogP contribution in [0.1, 0.15) is 43.5 Å². The van der Waals surface area contributed by atoms with E-state index in [2.05, 4.69) is 25.9 Å². The third-order valence-corrected chi connectivity index (χ3v) is 7.43. The molecule has 3 heterocycles. The number of para-hydroxylation sites is 2. The molecule has 40 heavy (non-hydrogen) atoms. The Balaban J connectivity index is 1.21. The van der Waals surface area contributed by atoms with E-state index in [0.29, 0.717) is 32.5 Å². The number of benzene rings is 2. The first-order valence-corrected chi connectivity index (χ1v) is 13.8. The van der Waals surface area contributed by atoms with Crippen LogP contribution in [0.2, 0.25) is 0 Å². The van der Waals surface area contributed by atoms with E-state index in [9.17, 15) is 9.59 Å². The Morgan fingerprint density at radius 1 is 1.07 bits per heavy atom. The zero-order chi connectivity index (χ0) is 28.1. The molecule has 2 amide bonds. The molecule has 2 atom stereocenters. The molecule has 1 fully saturated rings. The normalized spacial score (nSPS) is 16.1. The smallest absolute Gasteiger partial charge is 0.224 e. The van der Waals surface area contributed by atoms with Gasteiger partial charge in [0.1, 0.15) is 5.82 Å². The Labute approximate surface area is 233 Å². The molecule has 5 N–H and O–H groups in total. The second kappa shape index (κ2) is 12.3. The highest BCUT2D eigenvalue weighted by molar-refractivity contribution is 5.78. The van der Waals surface area contributed by atoms with E-state index in [-0.39, 0.29) is 29.7 Å². The molecule has 0 saturated carbocycles. The molecule has 2 aromatic carbocycles. The Morgan fingerprint density at radius 2 is 1.82 bits per heavy atom. The van der Waals surface area contributed by atoms with Gasteiger partial charge < -0.3 is 26.3 Å². The number of anilines is 1. The quantitative estimate of drug-likeness (QED) is 0.296. The molecule has 10 heteroatoms. The Morgan fingerprint density at radius 3 is 2.58 bits per heavy atom. The molecule has 4 aromatic rings. The SMILES string of the molecule is CC(=O)NCCn1c([C@@H]2CCCN(C(=O)C[C@H](N)Cc3ccc(-c4cnc(N)nc4)cc3)C2)nc2ccccc21. The number of hydrogen-bond donors (Lipinski definition) is 3. The van der Waals surface area contributed by atoms with Gasteiger partial charge in [0.2, 0.25) is 17.8 Å². The molecule has 0 bridgehead atoms. The van der Waals surface area contributed by atoms with Crippen molar-refractivity contribution in [2.24, 2.45) is 5.73 Å². The molecule has 5 rings (SSSR count). The summed E-state index contributed by atoms with van der Waals surface area (Å²) in [6.07, 6.45) is 6.18. The molecule has 2 aromatic heterocycles. The molecule has 10 nitrogen and oxygen atoms in total. The molecule has 0 radical (unpaired) electrons. The molecule has 0 unspecified atom stereocenters. The van der Waals surface area contributed by atoms with E-state index < -0.39 is 0 Å². The van der Waals surface area contributed by atoms with Gasteiger partial charge in [0, 0.05) is 69.4 Å². The summed E-state index contributed by atoms with van der Waals surface area (Å²) in [5.41, 5.74) is 17.0. The third kappa shape index (κ3) is 6.45. The lowest BCUT2D eigenvalue weighted by Crippen LogP contribution is -2.42. The zero-order valence-corrected chi connectivity index (χ0v) is 22.8. The maximum Gasteiger partial charge on any atom is 0.224 e. The van der Waals surface area contributed by atoms with Crippen molar-refractivity contribution in [3.8, 4) is 11.1 Å². The molecule has 0 spiro atoms. The van der Waals surface area contributed by atoms with Crippen molar-refractivity contribution in [2.75, 3.05) is 25.4 Å². The minimum Gasteiger partial charge on any atom is -0.368 e. The maximum atomic E-state index is 13.3. The largest absolute Gasteiger partial charge is 0.368 e. The number of imidazole rings is 1. The summed E-state index contributed by atoms with van der Waals surface area (Å²) >= 11 is 0. The number of carbonyl (C=O) groups is 2. The molecule has 0 aliphatic carbocycles. The number of amides is 2. The van der Waals surface area contributed by atoms with Crippen LogP contribution in [0, 0.1) is 0 Å². The first kappa shape index (κ1) is 27.3. The number of nitrogens with one attached hydrogen (secondary N) is 1.